The largest absolute Gasteiger partial charge is 0.393 e. The quantitative estimate of drug-likeness (QED) is 0.684. The molecule has 1 unspecified atom stereocenters. The molecule has 1 saturated heterocycles. The minimum Gasteiger partial charge on any atom is -0.393 e. The predicted octanol–water partition coefficient (Wildman–Crippen LogP) is 2.34. The third-order valence-corrected chi connectivity index (χ3v) is 3.01. The highest BCUT2D eigenvalue weighted by atomic mass is 16.3. The Bertz CT molecular complexity index is 141. The molecular weight excluding hydrogens is 174 g/mol. The first kappa shape index (κ1) is 13.7. The van der Waals surface area contributed by atoms with Gasteiger partial charge in [-0.15, -0.1) is 13.2 Å². The zero-order valence-electron chi connectivity index (χ0n) is 9.68. The van der Waals surface area contributed by atoms with E-state index in [9.17, 15) is 5.11 Å². The molecule has 1 aliphatic rings. The summed E-state index contributed by atoms with van der Waals surface area (Å²) in [7, 11) is 0. The van der Waals surface area contributed by atoms with Gasteiger partial charge in [0.15, 0.2) is 0 Å². The second kappa shape index (κ2) is 7.02. The van der Waals surface area contributed by atoms with Gasteiger partial charge in [0.2, 0.25) is 0 Å². The molecule has 0 aromatic rings. The summed E-state index contributed by atoms with van der Waals surface area (Å²) < 4.78 is 0. The molecule has 0 aliphatic carbocycles. The Labute approximate surface area is 88.4 Å². The van der Waals surface area contributed by atoms with Crippen molar-refractivity contribution >= 4 is 0 Å². The van der Waals surface area contributed by atoms with Gasteiger partial charge >= 0.3 is 0 Å². The third kappa shape index (κ3) is 4.77. The Balaban J connectivity index is 0.000000791. The zero-order chi connectivity index (χ0) is 11.0. The van der Waals surface area contributed by atoms with E-state index in [4.69, 9.17) is 0 Å². The summed E-state index contributed by atoms with van der Waals surface area (Å²) in [6, 6.07) is 0. The Kier molecular flexibility index (Phi) is 6.85. The van der Waals surface area contributed by atoms with Gasteiger partial charge in [-0.25, -0.2) is 0 Å². The van der Waals surface area contributed by atoms with E-state index < -0.39 is 0 Å². The van der Waals surface area contributed by atoms with E-state index in [0.29, 0.717) is 5.41 Å². The van der Waals surface area contributed by atoms with Crippen molar-refractivity contribution in [2.45, 2.75) is 45.6 Å². The van der Waals surface area contributed by atoms with Crippen LogP contribution in [0.4, 0.5) is 0 Å². The van der Waals surface area contributed by atoms with Gasteiger partial charge in [-0.2, -0.15) is 0 Å². The number of nitrogens with one attached hydrogen (secondary N) is 1. The van der Waals surface area contributed by atoms with Crippen molar-refractivity contribution in [1.82, 2.24) is 5.32 Å². The van der Waals surface area contributed by atoms with Crippen molar-refractivity contribution < 1.29 is 5.11 Å². The van der Waals surface area contributed by atoms with Crippen LogP contribution >= 0.6 is 0 Å². The molecule has 1 rings (SSSR count). The number of hydrogen-bond donors (Lipinski definition) is 2. The van der Waals surface area contributed by atoms with Crippen molar-refractivity contribution in [2.75, 3.05) is 13.1 Å². The number of piperidine rings is 1. The van der Waals surface area contributed by atoms with Crippen molar-refractivity contribution in [2.24, 2.45) is 5.41 Å². The molecule has 1 aliphatic heterocycles. The van der Waals surface area contributed by atoms with Gasteiger partial charge in [-0.1, -0.05) is 13.8 Å². The molecule has 0 radical (unpaired) electrons. The summed E-state index contributed by atoms with van der Waals surface area (Å²) in [5.74, 6) is 0. The normalized spacial score (nSPS) is 21.9. The molecule has 1 fully saturated rings. The summed E-state index contributed by atoms with van der Waals surface area (Å²) in [6.07, 6.45) is 4.20. The Morgan fingerprint density at radius 1 is 1.36 bits per heavy atom. The monoisotopic (exact) mass is 199 g/mol. The smallest absolute Gasteiger partial charge is 0.0542 e. The van der Waals surface area contributed by atoms with Crippen molar-refractivity contribution in [3.8, 4) is 0 Å². The van der Waals surface area contributed by atoms with Gasteiger partial charge in [0, 0.05) is 0 Å². The van der Waals surface area contributed by atoms with E-state index in [1.807, 2.05) is 0 Å². The average Bonchev–Trinajstić information content (AvgIpc) is 2.21. The first-order chi connectivity index (χ1) is 6.66. The molecule has 0 saturated carbocycles. The van der Waals surface area contributed by atoms with E-state index in [-0.39, 0.29) is 6.10 Å². The number of aliphatic hydroxyl groups excluding tert-OH is 1. The molecule has 0 bridgehead atoms. The summed E-state index contributed by atoms with van der Waals surface area (Å²) in [6.45, 7) is 12.6. The fraction of sp³-hybridized carbons (Fsp3) is 0.833. The SMILES string of the molecule is C=C.CCC(O)CC1(C)CCNCC1. The molecular formula is C12H25NO. The molecule has 14 heavy (non-hydrogen) atoms. The van der Waals surface area contributed by atoms with Crippen molar-refractivity contribution in [1.29, 1.82) is 0 Å². The fourth-order valence-corrected chi connectivity index (χ4v) is 1.95. The molecule has 0 spiro atoms. The van der Waals surface area contributed by atoms with Crippen LogP contribution in [0.2, 0.25) is 0 Å². The zero-order valence-corrected chi connectivity index (χ0v) is 9.68. The highest BCUT2D eigenvalue weighted by Gasteiger charge is 2.28. The van der Waals surface area contributed by atoms with E-state index in [1.54, 1.807) is 0 Å². The van der Waals surface area contributed by atoms with E-state index in [1.165, 1.54) is 12.8 Å². The molecule has 2 N–H and O–H groups in total. The minimum atomic E-state index is -0.0897. The van der Waals surface area contributed by atoms with Crippen molar-refractivity contribution in [3.05, 3.63) is 13.2 Å². The highest BCUT2D eigenvalue weighted by Crippen LogP contribution is 2.33. The predicted molar refractivity (Wildman–Crippen MR) is 62.4 cm³/mol. The maximum atomic E-state index is 9.55. The third-order valence-electron chi connectivity index (χ3n) is 3.01. The van der Waals surface area contributed by atoms with Crippen LogP contribution in [0, 0.1) is 5.41 Å². The second-order valence-corrected chi connectivity index (χ2v) is 4.33. The summed E-state index contributed by atoms with van der Waals surface area (Å²) in [5, 5.41) is 12.9. The Morgan fingerprint density at radius 2 is 1.86 bits per heavy atom. The highest BCUT2D eigenvalue weighted by molar-refractivity contribution is 4.82. The van der Waals surface area contributed by atoms with Gasteiger partial charge in [0.05, 0.1) is 6.10 Å². The Hall–Kier alpha value is -0.340. The van der Waals surface area contributed by atoms with Crippen molar-refractivity contribution in [3.63, 3.8) is 0 Å². The molecule has 0 aromatic heterocycles. The molecule has 0 amide bonds. The molecule has 1 heterocycles. The van der Waals surface area contributed by atoms with E-state index >= 15 is 0 Å². The first-order valence-electron chi connectivity index (χ1n) is 5.55. The molecule has 2 nitrogen and oxygen atoms in total. The summed E-state index contributed by atoms with van der Waals surface area (Å²) >= 11 is 0. The lowest BCUT2D eigenvalue weighted by atomic mass is 9.76. The van der Waals surface area contributed by atoms with Crippen LogP contribution in [0.1, 0.15) is 39.5 Å². The number of aliphatic hydroxyl groups is 1. The minimum absolute atomic E-state index is 0.0897. The van der Waals surface area contributed by atoms with Crippen LogP contribution in [0.3, 0.4) is 0 Å². The lowest BCUT2D eigenvalue weighted by Crippen LogP contribution is -2.36. The van der Waals surface area contributed by atoms with Gasteiger partial charge in [0.1, 0.15) is 0 Å². The van der Waals surface area contributed by atoms with Crippen LogP contribution in [0.5, 0.6) is 0 Å². The van der Waals surface area contributed by atoms with Gasteiger partial charge in [-0.05, 0) is 44.2 Å². The molecule has 1 atom stereocenters. The maximum Gasteiger partial charge on any atom is 0.0542 e. The molecule has 84 valence electrons. The van der Waals surface area contributed by atoms with Crippen LogP contribution in [-0.4, -0.2) is 24.3 Å². The van der Waals surface area contributed by atoms with Crippen LogP contribution in [0.25, 0.3) is 0 Å². The summed E-state index contributed by atoms with van der Waals surface area (Å²) in [4.78, 5) is 0. The molecule has 0 aromatic carbocycles. The van der Waals surface area contributed by atoms with E-state index in [0.717, 1.165) is 25.9 Å². The van der Waals surface area contributed by atoms with Gasteiger partial charge in [0.25, 0.3) is 0 Å². The average molecular weight is 199 g/mol. The summed E-state index contributed by atoms with van der Waals surface area (Å²) in [5.41, 5.74) is 0.390. The van der Waals surface area contributed by atoms with Gasteiger partial charge < -0.3 is 10.4 Å². The topological polar surface area (TPSA) is 32.3 Å². The first-order valence-corrected chi connectivity index (χ1v) is 5.55. The number of hydrogen-bond acceptors (Lipinski definition) is 2. The van der Waals surface area contributed by atoms with Crippen LogP contribution < -0.4 is 5.32 Å². The fourth-order valence-electron chi connectivity index (χ4n) is 1.95. The van der Waals surface area contributed by atoms with Gasteiger partial charge in [-0.3, -0.25) is 0 Å². The van der Waals surface area contributed by atoms with Crippen LogP contribution in [0.15, 0.2) is 13.2 Å². The van der Waals surface area contributed by atoms with E-state index in [2.05, 4.69) is 32.3 Å². The standard InChI is InChI=1S/C10H21NO.C2H4/c1-3-9(12)8-10(2)4-6-11-7-5-10;1-2/h9,11-12H,3-8H2,1-2H3;1-2H2. The molecule has 2 heteroatoms. The second-order valence-electron chi connectivity index (χ2n) is 4.33. The van der Waals surface area contributed by atoms with Crippen LogP contribution in [-0.2, 0) is 0 Å². The maximum absolute atomic E-state index is 9.55. The Morgan fingerprint density at radius 3 is 2.29 bits per heavy atom. The lowest BCUT2D eigenvalue weighted by Gasteiger charge is -2.35. The number of rotatable bonds is 3. The lowest BCUT2D eigenvalue weighted by molar-refractivity contribution is 0.0832.